The maximum absolute atomic E-state index is 13.6. The molecule has 3 rings (SSSR count). The molecule has 6 heteroatoms. The summed E-state index contributed by atoms with van der Waals surface area (Å²) in [6.07, 6.45) is 5.16. The Kier molecular flexibility index (Phi) is 6.82. The smallest absolute Gasteiger partial charge is 0.177 e. The standard InChI is InChI=1S/C26H30O6/c1-14(2)6-9-18-21(31-5)13-22-23(24(18)29)25(30)19(10-7-15(3)4)26(32-22)17-11-8-16(27)12-20(17)28/h6-9,11-14,19,26-29H,10H2,1-5H3/b9-6+. The number of hydrogen-bond donors (Lipinski definition) is 3. The highest BCUT2D eigenvalue weighted by atomic mass is 16.5. The van der Waals surface area contributed by atoms with Crippen LogP contribution in [0.4, 0.5) is 0 Å². The van der Waals surface area contributed by atoms with Gasteiger partial charge in [0.25, 0.3) is 0 Å². The van der Waals surface area contributed by atoms with E-state index in [4.69, 9.17) is 9.47 Å². The first-order valence-corrected chi connectivity index (χ1v) is 10.6. The zero-order valence-corrected chi connectivity index (χ0v) is 19.0. The molecule has 0 fully saturated rings. The molecule has 0 spiro atoms. The van der Waals surface area contributed by atoms with Crippen molar-refractivity contribution in [1.29, 1.82) is 0 Å². The summed E-state index contributed by atoms with van der Waals surface area (Å²) in [5.41, 5.74) is 1.95. The van der Waals surface area contributed by atoms with Crippen molar-refractivity contribution in [2.24, 2.45) is 11.8 Å². The van der Waals surface area contributed by atoms with E-state index in [1.54, 1.807) is 18.2 Å². The number of rotatable bonds is 6. The zero-order valence-electron chi connectivity index (χ0n) is 19.0. The molecule has 2 aromatic carbocycles. The predicted octanol–water partition coefficient (Wildman–Crippen LogP) is 5.77. The highest BCUT2D eigenvalue weighted by molar-refractivity contribution is 6.05. The highest BCUT2D eigenvalue weighted by Gasteiger charge is 2.41. The maximum Gasteiger partial charge on any atom is 0.177 e. The fourth-order valence-electron chi connectivity index (χ4n) is 3.77. The molecule has 32 heavy (non-hydrogen) atoms. The number of hydrogen-bond acceptors (Lipinski definition) is 6. The molecule has 0 amide bonds. The van der Waals surface area contributed by atoms with Crippen LogP contribution in [-0.4, -0.2) is 28.2 Å². The first-order valence-electron chi connectivity index (χ1n) is 10.6. The number of fused-ring (bicyclic) bond motifs is 1. The van der Waals surface area contributed by atoms with Gasteiger partial charge in [-0.05, 0) is 38.3 Å². The Morgan fingerprint density at radius 3 is 2.50 bits per heavy atom. The Morgan fingerprint density at radius 1 is 1.19 bits per heavy atom. The number of benzene rings is 2. The van der Waals surface area contributed by atoms with Crippen LogP contribution in [0.1, 0.15) is 61.7 Å². The number of carbonyl (C=O) groups excluding carboxylic acids is 1. The predicted molar refractivity (Wildman–Crippen MR) is 124 cm³/mol. The first-order chi connectivity index (χ1) is 15.1. The number of aromatic hydroxyl groups is 3. The van der Waals surface area contributed by atoms with Crippen molar-refractivity contribution < 1.29 is 29.6 Å². The molecule has 2 atom stereocenters. The molecule has 0 saturated heterocycles. The van der Waals surface area contributed by atoms with Crippen LogP contribution in [0.15, 0.2) is 42.0 Å². The van der Waals surface area contributed by atoms with Crippen molar-refractivity contribution in [3.8, 4) is 28.7 Å². The molecule has 6 nitrogen and oxygen atoms in total. The van der Waals surface area contributed by atoms with Gasteiger partial charge in [-0.3, -0.25) is 4.79 Å². The largest absolute Gasteiger partial charge is 0.508 e. The Balaban J connectivity index is 2.19. The Labute approximate surface area is 188 Å². The first kappa shape index (κ1) is 23.3. The van der Waals surface area contributed by atoms with Crippen LogP contribution in [0, 0.1) is 11.8 Å². The van der Waals surface area contributed by atoms with Crippen molar-refractivity contribution in [2.75, 3.05) is 7.11 Å². The van der Waals surface area contributed by atoms with Gasteiger partial charge in [0.2, 0.25) is 0 Å². The average Bonchev–Trinajstić information content (AvgIpc) is 2.71. The van der Waals surface area contributed by atoms with Gasteiger partial charge < -0.3 is 24.8 Å². The van der Waals surface area contributed by atoms with Gasteiger partial charge in [-0.1, -0.05) is 37.6 Å². The van der Waals surface area contributed by atoms with Gasteiger partial charge in [0, 0.05) is 17.7 Å². The van der Waals surface area contributed by atoms with Crippen LogP contribution >= 0.6 is 0 Å². The number of methoxy groups -OCH3 is 1. The molecule has 2 aromatic rings. The summed E-state index contributed by atoms with van der Waals surface area (Å²) in [7, 11) is 1.49. The molecule has 0 radical (unpaired) electrons. The molecule has 3 N–H and O–H groups in total. The number of Topliss-reactive ketones (excluding diaryl/α,β-unsaturated/α-hetero) is 1. The van der Waals surface area contributed by atoms with Crippen LogP contribution < -0.4 is 9.47 Å². The molecule has 1 aliphatic heterocycles. The second kappa shape index (κ2) is 9.39. The lowest BCUT2D eigenvalue weighted by Gasteiger charge is -2.33. The number of ether oxygens (including phenoxy) is 2. The molecule has 1 heterocycles. The molecular weight excluding hydrogens is 408 g/mol. The van der Waals surface area contributed by atoms with Crippen LogP contribution in [-0.2, 0) is 0 Å². The van der Waals surface area contributed by atoms with Gasteiger partial charge in [0.1, 0.15) is 40.4 Å². The molecule has 2 unspecified atom stereocenters. The number of phenols is 3. The Bertz CT molecular complexity index is 1080. The van der Waals surface area contributed by atoms with Crippen molar-refractivity contribution in [3.63, 3.8) is 0 Å². The molecule has 0 aromatic heterocycles. The lowest BCUT2D eigenvalue weighted by Crippen LogP contribution is -2.31. The van der Waals surface area contributed by atoms with E-state index in [0.717, 1.165) is 5.57 Å². The Morgan fingerprint density at radius 2 is 1.91 bits per heavy atom. The van der Waals surface area contributed by atoms with Gasteiger partial charge >= 0.3 is 0 Å². The van der Waals surface area contributed by atoms with Crippen LogP contribution in [0.25, 0.3) is 6.08 Å². The van der Waals surface area contributed by atoms with E-state index in [2.05, 4.69) is 0 Å². The van der Waals surface area contributed by atoms with Gasteiger partial charge in [-0.2, -0.15) is 0 Å². The second-order valence-corrected chi connectivity index (χ2v) is 8.59. The van der Waals surface area contributed by atoms with E-state index >= 15 is 0 Å². The number of phenolic OH excluding ortho intramolecular Hbond substituents is 3. The monoisotopic (exact) mass is 438 g/mol. The fourth-order valence-corrected chi connectivity index (χ4v) is 3.77. The molecule has 0 aliphatic carbocycles. The molecule has 0 bridgehead atoms. The van der Waals surface area contributed by atoms with E-state index in [-0.39, 0.29) is 40.3 Å². The topological polar surface area (TPSA) is 96.2 Å². The summed E-state index contributed by atoms with van der Waals surface area (Å²) >= 11 is 0. The summed E-state index contributed by atoms with van der Waals surface area (Å²) in [5, 5.41) is 31.2. The van der Waals surface area contributed by atoms with Crippen molar-refractivity contribution >= 4 is 11.9 Å². The maximum atomic E-state index is 13.6. The van der Waals surface area contributed by atoms with Gasteiger partial charge in [-0.15, -0.1) is 0 Å². The zero-order chi connectivity index (χ0) is 23.6. The van der Waals surface area contributed by atoms with Crippen LogP contribution in [0.2, 0.25) is 0 Å². The van der Waals surface area contributed by atoms with Gasteiger partial charge in [0.05, 0.1) is 18.6 Å². The van der Waals surface area contributed by atoms with Gasteiger partial charge in [-0.25, -0.2) is 0 Å². The minimum absolute atomic E-state index is 0.0875. The third-order valence-electron chi connectivity index (χ3n) is 5.44. The molecule has 0 saturated carbocycles. The van der Waals surface area contributed by atoms with Crippen molar-refractivity contribution in [3.05, 3.63) is 58.7 Å². The third kappa shape index (κ3) is 4.59. The van der Waals surface area contributed by atoms with E-state index < -0.39 is 12.0 Å². The number of ketones is 1. The summed E-state index contributed by atoms with van der Waals surface area (Å²) in [5.74, 6) is -0.572. The quantitative estimate of drug-likeness (QED) is 0.496. The minimum atomic E-state index is -0.799. The third-order valence-corrected chi connectivity index (χ3v) is 5.44. The lowest BCUT2D eigenvalue weighted by molar-refractivity contribution is 0.0648. The molecule has 170 valence electrons. The van der Waals surface area contributed by atoms with E-state index in [9.17, 15) is 20.1 Å². The van der Waals surface area contributed by atoms with Crippen molar-refractivity contribution in [2.45, 2.75) is 40.2 Å². The second-order valence-electron chi connectivity index (χ2n) is 8.59. The lowest BCUT2D eigenvalue weighted by atomic mass is 9.82. The van der Waals surface area contributed by atoms with Crippen LogP contribution in [0.5, 0.6) is 28.7 Å². The molecular formula is C26H30O6. The van der Waals surface area contributed by atoms with Crippen LogP contribution in [0.3, 0.4) is 0 Å². The summed E-state index contributed by atoms with van der Waals surface area (Å²) in [4.78, 5) is 13.6. The summed E-state index contributed by atoms with van der Waals surface area (Å²) < 4.78 is 11.7. The van der Waals surface area contributed by atoms with E-state index in [1.165, 1.54) is 19.2 Å². The SMILES string of the molecule is COc1cc2c(c(O)c1/C=C/C(C)C)C(=O)C(CC=C(C)C)C(c1ccc(O)cc1O)O2. The number of allylic oxidation sites excluding steroid dienone is 3. The van der Waals surface area contributed by atoms with Gasteiger partial charge in [0.15, 0.2) is 5.78 Å². The summed E-state index contributed by atoms with van der Waals surface area (Å²) in [6.45, 7) is 7.90. The highest BCUT2D eigenvalue weighted by Crippen LogP contribution is 2.49. The molecule has 1 aliphatic rings. The normalized spacial score (nSPS) is 17.9. The summed E-state index contributed by atoms with van der Waals surface area (Å²) in [6, 6.07) is 5.79. The van der Waals surface area contributed by atoms with E-state index in [1.807, 2.05) is 39.8 Å². The minimum Gasteiger partial charge on any atom is -0.508 e. The number of carbonyl (C=O) groups is 1. The van der Waals surface area contributed by atoms with E-state index in [0.29, 0.717) is 23.3 Å². The fraction of sp³-hybridized carbons (Fsp3) is 0.346. The van der Waals surface area contributed by atoms with Crippen molar-refractivity contribution in [1.82, 2.24) is 0 Å². The Hall–Kier alpha value is -3.41. The average molecular weight is 439 g/mol.